The smallest absolute Gasteiger partial charge is 0.220 e. The fraction of sp³-hybridized carbons (Fsp3) is 0.917. The standard InChI is InChI=1S/C12H26N2O2/c1-5-12(4,9-15)14-11(16)7-6-8-13-10(2)3/h10,13,15H,5-9H2,1-4H3,(H,14,16). The SMILES string of the molecule is CCC(C)(CO)NC(=O)CCCNC(C)C. The first-order valence-corrected chi connectivity index (χ1v) is 6.09. The molecule has 0 saturated heterocycles. The van der Waals surface area contributed by atoms with Crippen molar-refractivity contribution in [1.82, 2.24) is 10.6 Å². The summed E-state index contributed by atoms with van der Waals surface area (Å²) in [6.07, 6.45) is 2.07. The molecule has 4 heteroatoms. The molecule has 0 bridgehead atoms. The summed E-state index contributed by atoms with van der Waals surface area (Å²) in [5.74, 6) is 0.0176. The van der Waals surface area contributed by atoms with E-state index in [0.717, 1.165) is 19.4 Å². The second-order valence-electron chi connectivity index (χ2n) is 4.83. The van der Waals surface area contributed by atoms with E-state index in [-0.39, 0.29) is 12.5 Å². The molecule has 1 atom stereocenters. The van der Waals surface area contributed by atoms with Crippen molar-refractivity contribution in [3.63, 3.8) is 0 Å². The maximum absolute atomic E-state index is 11.6. The Morgan fingerprint density at radius 1 is 1.44 bits per heavy atom. The fourth-order valence-corrected chi connectivity index (χ4v) is 1.28. The van der Waals surface area contributed by atoms with Crippen molar-refractivity contribution in [3.05, 3.63) is 0 Å². The van der Waals surface area contributed by atoms with E-state index in [0.29, 0.717) is 12.5 Å². The van der Waals surface area contributed by atoms with Crippen LogP contribution >= 0.6 is 0 Å². The molecule has 0 fully saturated rings. The minimum Gasteiger partial charge on any atom is -0.394 e. The molecular weight excluding hydrogens is 204 g/mol. The van der Waals surface area contributed by atoms with E-state index in [9.17, 15) is 4.79 Å². The molecule has 0 aromatic rings. The lowest BCUT2D eigenvalue weighted by Crippen LogP contribution is -2.48. The molecule has 1 unspecified atom stereocenters. The van der Waals surface area contributed by atoms with E-state index in [1.807, 2.05) is 13.8 Å². The molecule has 96 valence electrons. The summed E-state index contributed by atoms with van der Waals surface area (Å²) in [5, 5.41) is 15.3. The van der Waals surface area contributed by atoms with Gasteiger partial charge < -0.3 is 15.7 Å². The largest absolute Gasteiger partial charge is 0.394 e. The highest BCUT2D eigenvalue weighted by Gasteiger charge is 2.22. The number of carbonyl (C=O) groups is 1. The summed E-state index contributed by atoms with van der Waals surface area (Å²) >= 11 is 0. The van der Waals surface area contributed by atoms with E-state index < -0.39 is 5.54 Å². The Hall–Kier alpha value is -0.610. The molecule has 0 saturated carbocycles. The van der Waals surface area contributed by atoms with Gasteiger partial charge in [0.15, 0.2) is 0 Å². The third-order valence-corrected chi connectivity index (χ3v) is 2.70. The Labute approximate surface area is 98.8 Å². The quantitative estimate of drug-likeness (QED) is 0.546. The van der Waals surface area contributed by atoms with Gasteiger partial charge in [-0.15, -0.1) is 0 Å². The zero-order chi connectivity index (χ0) is 12.6. The van der Waals surface area contributed by atoms with Crippen molar-refractivity contribution in [3.8, 4) is 0 Å². The van der Waals surface area contributed by atoms with Crippen LogP contribution in [-0.4, -0.2) is 35.7 Å². The third kappa shape index (κ3) is 6.80. The molecule has 4 nitrogen and oxygen atoms in total. The fourth-order valence-electron chi connectivity index (χ4n) is 1.28. The molecule has 0 aliphatic rings. The summed E-state index contributed by atoms with van der Waals surface area (Å²) < 4.78 is 0. The summed E-state index contributed by atoms with van der Waals surface area (Å²) in [7, 11) is 0. The number of aliphatic hydroxyl groups is 1. The van der Waals surface area contributed by atoms with E-state index in [2.05, 4.69) is 24.5 Å². The van der Waals surface area contributed by atoms with Crippen molar-refractivity contribution in [1.29, 1.82) is 0 Å². The number of carbonyl (C=O) groups excluding carboxylic acids is 1. The summed E-state index contributed by atoms with van der Waals surface area (Å²) in [5.41, 5.74) is -0.470. The Bertz CT molecular complexity index is 201. The normalized spacial score (nSPS) is 14.9. The maximum Gasteiger partial charge on any atom is 0.220 e. The lowest BCUT2D eigenvalue weighted by atomic mass is 10.00. The van der Waals surface area contributed by atoms with Crippen LogP contribution in [0.2, 0.25) is 0 Å². The van der Waals surface area contributed by atoms with Crippen LogP contribution in [-0.2, 0) is 4.79 Å². The van der Waals surface area contributed by atoms with Crippen LogP contribution in [0.5, 0.6) is 0 Å². The van der Waals surface area contributed by atoms with Gasteiger partial charge in [-0.1, -0.05) is 20.8 Å². The summed E-state index contributed by atoms with van der Waals surface area (Å²) in [6.45, 7) is 8.82. The van der Waals surface area contributed by atoms with E-state index in [1.165, 1.54) is 0 Å². The highest BCUT2D eigenvalue weighted by Crippen LogP contribution is 2.08. The van der Waals surface area contributed by atoms with Crippen LogP contribution in [0.1, 0.15) is 47.0 Å². The lowest BCUT2D eigenvalue weighted by Gasteiger charge is -2.27. The molecule has 0 spiro atoms. The molecule has 0 aromatic heterocycles. The second kappa shape index (κ2) is 7.63. The molecule has 0 radical (unpaired) electrons. The van der Waals surface area contributed by atoms with E-state index in [4.69, 9.17) is 5.11 Å². The topological polar surface area (TPSA) is 61.4 Å². The molecule has 1 amide bonds. The molecule has 3 N–H and O–H groups in total. The van der Waals surface area contributed by atoms with Crippen LogP contribution in [0.25, 0.3) is 0 Å². The minimum atomic E-state index is -0.470. The number of amides is 1. The van der Waals surface area contributed by atoms with E-state index >= 15 is 0 Å². The number of nitrogens with one attached hydrogen (secondary N) is 2. The maximum atomic E-state index is 11.6. The highest BCUT2D eigenvalue weighted by molar-refractivity contribution is 5.76. The summed E-state index contributed by atoms with van der Waals surface area (Å²) in [6, 6.07) is 0.460. The monoisotopic (exact) mass is 230 g/mol. The van der Waals surface area contributed by atoms with Crippen molar-refractivity contribution in [2.24, 2.45) is 0 Å². The van der Waals surface area contributed by atoms with Gasteiger partial charge in [0.1, 0.15) is 0 Å². The first-order chi connectivity index (χ1) is 7.43. The highest BCUT2D eigenvalue weighted by atomic mass is 16.3. The van der Waals surface area contributed by atoms with Crippen molar-refractivity contribution < 1.29 is 9.90 Å². The lowest BCUT2D eigenvalue weighted by molar-refractivity contribution is -0.123. The van der Waals surface area contributed by atoms with Gasteiger partial charge in [0.2, 0.25) is 5.91 Å². The van der Waals surface area contributed by atoms with Gasteiger partial charge in [-0.05, 0) is 26.3 Å². The van der Waals surface area contributed by atoms with Crippen molar-refractivity contribution in [2.45, 2.75) is 58.5 Å². The van der Waals surface area contributed by atoms with Gasteiger partial charge in [-0.25, -0.2) is 0 Å². The Balaban J connectivity index is 3.73. The van der Waals surface area contributed by atoms with Crippen molar-refractivity contribution >= 4 is 5.91 Å². The van der Waals surface area contributed by atoms with Crippen molar-refractivity contribution in [2.75, 3.05) is 13.2 Å². The molecule has 0 aliphatic heterocycles. The molecular formula is C12H26N2O2. The Kier molecular flexibility index (Phi) is 7.34. The van der Waals surface area contributed by atoms with Gasteiger partial charge in [0.05, 0.1) is 12.1 Å². The number of rotatable bonds is 8. The zero-order valence-electron chi connectivity index (χ0n) is 11.0. The van der Waals surface area contributed by atoms with Crippen LogP contribution < -0.4 is 10.6 Å². The number of aliphatic hydroxyl groups excluding tert-OH is 1. The molecule has 0 heterocycles. The minimum absolute atomic E-state index is 0.0144. The summed E-state index contributed by atoms with van der Waals surface area (Å²) in [4.78, 5) is 11.6. The van der Waals surface area contributed by atoms with Crippen LogP contribution in [0.4, 0.5) is 0 Å². The predicted octanol–water partition coefficient (Wildman–Crippen LogP) is 1.04. The predicted molar refractivity (Wildman–Crippen MR) is 66.3 cm³/mol. The Morgan fingerprint density at radius 3 is 2.50 bits per heavy atom. The molecule has 0 rings (SSSR count). The third-order valence-electron chi connectivity index (χ3n) is 2.70. The Morgan fingerprint density at radius 2 is 2.06 bits per heavy atom. The first-order valence-electron chi connectivity index (χ1n) is 6.09. The van der Waals surface area contributed by atoms with Gasteiger partial charge in [0, 0.05) is 12.5 Å². The number of hydrogen-bond donors (Lipinski definition) is 3. The van der Waals surface area contributed by atoms with Gasteiger partial charge in [-0.3, -0.25) is 4.79 Å². The van der Waals surface area contributed by atoms with Gasteiger partial charge in [-0.2, -0.15) is 0 Å². The van der Waals surface area contributed by atoms with Gasteiger partial charge in [0.25, 0.3) is 0 Å². The molecule has 16 heavy (non-hydrogen) atoms. The first kappa shape index (κ1) is 15.4. The molecule has 0 aliphatic carbocycles. The zero-order valence-corrected chi connectivity index (χ0v) is 11.0. The average molecular weight is 230 g/mol. The number of hydrogen-bond acceptors (Lipinski definition) is 3. The van der Waals surface area contributed by atoms with Crippen LogP contribution in [0.3, 0.4) is 0 Å². The van der Waals surface area contributed by atoms with Crippen LogP contribution in [0, 0.1) is 0 Å². The molecule has 0 aromatic carbocycles. The van der Waals surface area contributed by atoms with E-state index in [1.54, 1.807) is 0 Å². The van der Waals surface area contributed by atoms with Crippen LogP contribution in [0.15, 0.2) is 0 Å². The van der Waals surface area contributed by atoms with Gasteiger partial charge >= 0.3 is 0 Å². The average Bonchev–Trinajstić information content (AvgIpc) is 2.24. The second-order valence-corrected chi connectivity index (χ2v) is 4.83.